The van der Waals surface area contributed by atoms with Crippen molar-refractivity contribution < 1.29 is 29.9 Å². The molecule has 0 unspecified atom stereocenters. The van der Waals surface area contributed by atoms with Crippen molar-refractivity contribution in [3.8, 4) is 5.75 Å². The largest absolute Gasteiger partial charge is 0.497 e. The van der Waals surface area contributed by atoms with Crippen LogP contribution >= 0.6 is 23.4 Å². The van der Waals surface area contributed by atoms with Crippen LogP contribution in [0.25, 0.3) is 10.9 Å². The second-order valence-electron chi connectivity index (χ2n) is 7.06. The molecule has 0 radical (unpaired) electrons. The van der Waals surface area contributed by atoms with Crippen LogP contribution in [0.3, 0.4) is 0 Å². The Hall–Kier alpha value is -1.78. The summed E-state index contributed by atoms with van der Waals surface area (Å²) in [5.41, 5.74) is 0.697. The van der Waals surface area contributed by atoms with E-state index >= 15 is 0 Å². The summed E-state index contributed by atoms with van der Waals surface area (Å²) in [7, 11) is 1.61. The van der Waals surface area contributed by atoms with Gasteiger partial charge in [-0.25, -0.2) is 0 Å². The topological polar surface area (TPSA) is 104 Å². The molecular weight excluding hydrogens is 430 g/mol. The van der Waals surface area contributed by atoms with Gasteiger partial charge in [-0.3, -0.25) is 0 Å². The first kappa shape index (κ1) is 21.5. The smallest absolute Gasteiger partial charge is 0.163 e. The summed E-state index contributed by atoms with van der Waals surface area (Å²) in [5.74, 6) is 0.759. The van der Waals surface area contributed by atoms with Gasteiger partial charge in [0.15, 0.2) is 6.23 Å². The molecule has 1 saturated heterocycles. The molecule has 0 spiro atoms. The lowest BCUT2D eigenvalue weighted by atomic mass is 9.98. The van der Waals surface area contributed by atoms with E-state index in [9.17, 15) is 20.4 Å². The summed E-state index contributed by atoms with van der Waals surface area (Å²) in [6.45, 7) is -0.491. The van der Waals surface area contributed by atoms with Crippen LogP contribution in [0.4, 0.5) is 0 Å². The molecule has 2 heterocycles. The molecule has 1 aliphatic heterocycles. The minimum absolute atomic E-state index is 0.491. The standard InChI is InChI=1S/C21H22ClNO6S/c1-28-12-3-5-13(6-4-12)30-17-9-23(15-8-11(22)2-7-14(15)17)21-20(27)19(26)18(25)16(10-24)29-21/h2-9,16,18-21,24-27H,10H2,1H3/t16-,18-,19+,20-,21-/m1/s1. The summed E-state index contributed by atoms with van der Waals surface area (Å²) in [6.07, 6.45) is -4.47. The number of aromatic nitrogens is 1. The molecule has 1 aliphatic rings. The Morgan fingerprint density at radius 1 is 1.07 bits per heavy atom. The average molecular weight is 452 g/mol. The molecule has 2 aromatic carbocycles. The van der Waals surface area contributed by atoms with E-state index < -0.39 is 37.3 Å². The Labute approximate surface area is 182 Å². The number of halogens is 1. The zero-order valence-corrected chi connectivity index (χ0v) is 17.6. The fourth-order valence-electron chi connectivity index (χ4n) is 3.57. The van der Waals surface area contributed by atoms with Gasteiger partial charge >= 0.3 is 0 Å². The average Bonchev–Trinajstić information content (AvgIpc) is 3.10. The fraction of sp³-hybridized carbons (Fsp3) is 0.333. The van der Waals surface area contributed by atoms with Gasteiger partial charge in [0.25, 0.3) is 0 Å². The normalized spacial score (nSPS) is 26.8. The third-order valence-electron chi connectivity index (χ3n) is 5.19. The highest BCUT2D eigenvalue weighted by molar-refractivity contribution is 7.99. The Morgan fingerprint density at radius 3 is 2.47 bits per heavy atom. The zero-order chi connectivity index (χ0) is 21.4. The first-order valence-corrected chi connectivity index (χ1v) is 10.5. The van der Waals surface area contributed by atoms with E-state index in [1.165, 1.54) is 11.8 Å². The van der Waals surface area contributed by atoms with Gasteiger partial charge in [-0.2, -0.15) is 0 Å². The predicted molar refractivity (Wildman–Crippen MR) is 113 cm³/mol. The Bertz CT molecular complexity index is 1020. The molecule has 0 aliphatic carbocycles. The summed E-state index contributed by atoms with van der Waals surface area (Å²) in [6, 6.07) is 13.0. The van der Waals surface area contributed by atoms with Gasteiger partial charge in [0.1, 0.15) is 30.2 Å². The molecular formula is C21H22ClNO6S. The van der Waals surface area contributed by atoms with Crippen molar-refractivity contribution in [1.29, 1.82) is 0 Å². The molecule has 1 aromatic heterocycles. The molecule has 160 valence electrons. The van der Waals surface area contributed by atoms with Gasteiger partial charge in [-0.1, -0.05) is 29.4 Å². The van der Waals surface area contributed by atoms with Gasteiger partial charge in [-0.15, -0.1) is 0 Å². The molecule has 4 N–H and O–H groups in total. The SMILES string of the molecule is COc1ccc(Sc2cn([C@@H]3O[C@H](CO)[C@@H](O)[C@H](O)[C@H]3O)c3cc(Cl)ccc23)cc1. The third kappa shape index (κ3) is 3.92. The molecule has 4 rings (SSSR count). The third-order valence-corrected chi connectivity index (χ3v) is 6.48. The van der Waals surface area contributed by atoms with Crippen LogP contribution in [-0.4, -0.2) is 63.1 Å². The van der Waals surface area contributed by atoms with E-state index in [2.05, 4.69) is 0 Å². The van der Waals surface area contributed by atoms with Crippen LogP contribution in [-0.2, 0) is 4.74 Å². The van der Waals surface area contributed by atoms with E-state index in [1.54, 1.807) is 23.8 Å². The number of aliphatic hydroxyl groups excluding tert-OH is 4. The van der Waals surface area contributed by atoms with Crippen molar-refractivity contribution in [2.75, 3.05) is 13.7 Å². The van der Waals surface area contributed by atoms with Crippen molar-refractivity contribution in [3.05, 3.63) is 53.7 Å². The van der Waals surface area contributed by atoms with Crippen molar-refractivity contribution >= 4 is 34.3 Å². The maximum Gasteiger partial charge on any atom is 0.163 e. The van der Waals surface area contributed by atoms with E-state index in [0.29, 0.717) is 10.5 Å². The number of ether oxygens (including phenoxy) is 2. The second-order valence-corrected chi connectivity index (χ2v) is 8.61. The van der Waals surface area contributed by atoms with Crippen molar-refractivity contribution in [2.45, 2.75) is 40.4 Å². The molecule has 7 nitrogen and oxygen atoms in total. The maximum atomic E-state index is 10.6. The van der Waals surface area contributed by atoms with Crippen molar-refractivity contribution in [2.24, 2.45) is 0 Å². The number of hydrogen-bond donors (Lipinski definition) is 4. The minimum Gasteiger partial charge on any atom is -0.497 e. The summed E-state index contributed by atoms with van der Waals surface area (Å²) < 4.78 is 12.6. The van der Waals surface area contributed by atoms with E-state index in [4.69, 9.17) is 21.1 Å². The number of hydrogen-bond acceptors (Lipinski definition) is 7. The molecule has 9 heteroatoms. The monoisotopic (exact) mass is 451 g/mol. The predicted octanol–water partition coefficient (Wildman–Crippen LogP) is 2.43. The molecule has 0 saturated carbocycles. The second kappa shape index (κ2) is 8.76. The lowest BCUT2D eigenvalue weighted by molar-refractivity contribution is -0.250. The highest BCUT2D eigenvalue weighted by Gasteiger charge is 2.44. The van der Waals surface area contributed by atoms with E-state index in [0.717, 1.165) is 20.9 Å². The van der Waals surface area contributed by atoms with Crippen LogP contribution in [0.1, 0.15) is 6.23 Å². The highest BCUT2D eigenvalue weighted by atomic mass is 35.5. The van der Waals surface area contributed by atoms with E-state index in [-0.39, 0.29) is 0 Å². The molecule has 3 aromatic rings. The summed E-state index contributed by atoms with van der Waals surface area (Å²) >= 11 is 7.73. The van der Waals surface area contributed by atoms with Crippen LogP contribution in [0.15, 0.2) is 58.5 Å². The highest BCUT2D eigenvalue weighted by Crippen LogP contribution is 2.40. The van der Waals surface area contributed by atoms with Crippen LogP contribution in [0.2, 0.25) is 5.02 Å². The first-order chi connectivity index (χ1) is 14.4. The summed E-state index contributed by atoms with van der Waals surface area (Å²) in [5, 5.41) is 41.8. The van der Waals surface area contributed by atoms with Crippen LogP contribution in [0.5, 0.6) is 5.75 Å². The zero-order valence-electron chi connectivity index (χ0n) is 16.1. The van der Waals surface area contributed by atoms with Crippen molar-refractivity contribution in [1.82, 2.24) is 4.57 Å². The number of nitrogens with zero attached hydrogens (tertiary/aromatic N) is 1. The Kier molecular flexibility index (Phi) is 6.26. The first-order valence-electron chi connectivity index (χ1n) is 9.35. The summed E-state index contributed by atoms with van der Waals surface area (Å²) in [4.78, 5) is 1.88. The van der Waals surface area contributed by atoms with Crippen molar-refractivity contribution in [3.63, 3.8) is 0 Å². The lowest BCUT2D eigenvalue weighted by Gasteiger charge is -2.40. The molecule has 30 heavy (non-hydrogen) atoms. The maximum absolute atomic E-state index is 10.6. The number of methoxy groups -OCH3 is 1. The molecule has 0 bridgehead atoms. The fourth-order valence-corrected chi connectivity index (χ4v) is 4.71. The number of rotatable bonds is 5. The number of aliphatic hydroxyl groups is 4. The molecule has 5 atom stereocenters. The van der Waals surface area contributed by atoms with Gasteiger partial charge in [0.05, 0.1) is 19.2 Å². The van der Waals surface area contributed by atoms with Gasteiger partial charge in [0.2, 0.25) is 0 Å². The van der Waals surface area contributed by atoms with Gasteiger partial charge in [-0.05, 0) is 36.4 Å². The van der Waals surface area contributed by atoms with E-state index in [1.807, 2.05) is 36.5 Å². The van der Waals surface area contributed by atoms with Crippen LogP contribution < -0.4 is 4.74 Å². The van der Waals surface area contributed by atoms with Gasteiger partial charge < -0.3 is 34.5 Å². The van der Waals surface area contributed by atoms with Gasteiger partial charge in [0, 0.05) is 26.4 Å². The lowest BCUT2D eigenvalue weighted by Crippen LogP contribution is -2.56. The number of benzene rings is 2. The minimum atomic E-state index is -1.46. The van der Waals surface area contributed by atoms with Crippen LogP contribution in [0, 0.1) is 0 Å². The Morgan fingerprint density at radius 2 is 1.80 bits per heavy atom. The Balaban J connectivity index is 1.75. The molecule has 1 fully saturated rings. The molecule has 0 amide bonds. The quantitative estimate of drug-likeness (QED) is 0.472. The number of fused-ring (bicyclic) bond motifs is 1.